The van der Waals surface area contributed by atoms with Crippen molar-refractivity contribution < 1.29 is 9.47 Å². The minimum atomic E-state index is 0.365. The Morgan fingerprint density at radius 3 is 3.07 bits per heavy atom. The summed E-state index contributed by atoms with van der Waals surface area (Å²) in [4.78, 5) is 0. The molecule has 2 rings (SSSR count). The van der Waals surface area contributed by atoms with Gasteiger partial charge >= 0.3 is 0 Å². The summed E-state index contributed by atoms with van der Waals surface area (Å²) in [5, 5.41) is 4.40. The van der Waals surface area contributed by atoms with E-state index in [1.165, 1.54) is 12.2 Å². The molecule has 0 bridgehead atoms. The van der Waals surface area contributed by atoms with E-state index >= 15 is 0 Å². The first-order valence-corrected chi connectivity index (χ1v) is 6.44. The summed E-state index contributed by atoms with van der Waals surface area (Å²) in [7, 11) is 0. The third-order valence-electron chi connectivity index (χ3n) is 2.80. The second kappa shape index (κ2) is 5.35. The molecule has 3 nitrogen and oxygen atoms in total. The molecular weight excluding hydrogens is 198 g/mol. The maximum Gasteiger partial charge on any atom is 0.147 e. The molecule has 0 radical (unpaired) electrons. The van der Waals surface area contributed by atoms with Crippen LogP contribution in [0.2, 0.25) is 0 Å². The van der Waals surface area contributed by atoms with Gasteiger partial charge in [0.2, 0.25) is 0 Å². The Kier molecular flexibility index (Phi) is 4.10. The number of hydrogen-bond acceptors (Lipinski definition) is 4. The highest BCUT2D eigenvalue weighted by atomic mass is 32.2. The Labute approximate surface area is 89.9 Å². The van der Waals surface area contributed by atoms with Crippen LogP contribution < -0.4 is 5.32 Å². The van der Waals surface area contributed by atoms with Gasteiger partial charge in [0.25, 0.3) is 0 Å². The van der Waals surface area contributed by atoms with Crippen molar-refractivity contribution in [2.24, 2.45) is 0 Å². The van der Waals surface area contributed by atoms with Gasteiger partial charge in [0.05, 0.1) is 12.7 Å². The summed E-state index contributed by atoms with van der Waals surface area (Å²) in [6, 6.07) is 0.696. The van der Waals surface area contributed by atoms with E-state index < -0.39 is 0 Å². The molecule has 0 amide bonds. The molecule has 3 unspecified atom stereocenters. The van der Waals surface area contributed by atoms with Gasteiger partial charge in [-0.05, 0) is 12.8 Å². The Morgan fingerprint density at radius 2 is 2.43 bits per heavy atom. The van der Waals surface area contributed by atoms with Crippen molar-refractivity contribution >= 4 is 11.8 Å². The van der Waals surface area contributed by atoms with Gasteiger partial charge in [-0.3, -0.25) is 0 Å². The van der Waals surface area contributed by atoms with E-state index in [-0.39, 0.29) is 0 Å². The van der Waals surface area contributed by atoms with Crippen LogP contribution in [0.4, 0.5) is 0 Å². The standard InChI is InChI=1S/C10H19NO2S/c1-8-4-9(6-14-8)11-5-10-2-3-12-7-13-10/h8-11H,2-7H2,1H3. The zero-order chi connectivity index (χ0) is 9.80. The van der Waals surface area contributed by atoms with Crippen LogP contribution in [0.15, 0.2) is 0 Å². The van der Waals surface area contributed by atoms with Crippen molar-refractivity contribution in [1.29, 1.82) is 0 Å². The SMILES string of the molecule is CC1CC(NCC2CCOCO2)CS1. The predicted octanol–water partition coefficient (Wildman–Crippen LogP) is 1.23. The summed E-state index contributed by atoms with van der Waals surface area (Å²) in [5.41, 5.74) is 0. The van der Waals surface area contributed by atoms with Crippen molar-refractivity contribution in [1.82, 2.24) is 5.32 Å². The molecule has 0 aromatic heterocycles. The largest absolute Gasteiger partial charge is 0.355 e. The molecule has 4 heteroatoms. The number of nitrogens with one attached hydrogen (secondary N) is 1. The fourth-order valence-electron chi connectivity index (χ4n) is 1.92. The van der Waals surface area contributed by atoms with E-state index in [0.717, 1.165) is 24.8 Å². The van der Waals surface area contributed by atoms with Gasteiger partial charge in [-0.1, -0.05) is 6.92 Å². The van der Waals surface area contributed by atoms with Gasteiger partial charge < -0.3 is 14.8 Å². The van der Waals surface area contributed by atoms with Crippen LogP contribution in [-0.4, -0.2) is 43.1 Å². The lowest BCUT2D eigenvalue weighted by Crippen LogP contribution is -2.39. The number of hydrogen-bond donors (Lipinski definition) is 1. The molecule has 0 aliphatic carbocycles. The summed E-state index contributed by atoms with van der Waals surface area (Å²) in [6.07, 6.45) is 2.70. The van der Waals surface area contributed by atoms with Crippen LogP contribution in [0.25, 0.3) is 0 Å². The first-order valence-electron chi connectivity index (χ1n) is 5.39. The molecule has 0 aromatic rings. The van der Waals surface area contributed by atoms with Gasteiger partial charge in [0, 0.05) is 23.6 Å². The van der Waals surface area contributed by atoms with Crippen LogP contribution in [0.1, 0.15) is 19.8 Å². The average molecular weight is 217 g/mol. The van der Waals surface area contributed by atoms with Crippen LogP contribution in [-0.2, 0) is 9.47 Å². The second-order valence-electron chi connectivity index (χ2n) is 4.09. The van der Waals surface area contributed by atoms with E-state index in [1.54, 1.807) is 0 Å². The van der Waals surface area contributed by atoms with Crippen LogP contribution in [0.5, 0.6) is 0 Å². The maximum absolute atomic E-state index is 5.47. The van der Waals surface area contributed by atoms with E-state index in [4.69, 9.17) is 9.47 Å². The van der Waals surface area contributed by atoms with Gasteiger partial charge in [-0.2, -0.15) is 11.8 Å². The van der Waals surface area contributed by atoms with Gasteiger partial charge in [-0.25, -0.2) is 0 Å². The average Bonchev–Trinajstić information content (AvgIpc) is 2.63. The Bertz CT molecular complexity index is 169. The van der Waals surface area contributed by atoms with E-state index in [1.807, 2.05) is 0 Å². The predicted molar refractivity (Wildman–Crippen MR) is 58.6 cm³/mol. The van der Waals surface area contributed by atoms with Crippen LogP contribution in [0.3, 0.4) is 0 Å². The van der Waals surface area contributed by atoms with Crippen molar-refractivity contribution in [3.05, 3.63) is 0 Å². The molecule has 14 heavy (non-hydrogen) atoms. The first-order chi connectivity index (χ1) is 6.84. The summed E-state index contributed by atoms with van der Waals surface area (Å²) < 4.78 is 10.6. The van der Waals surface area contributed by atoms with E-state index in [9.17, 15) is 0 Å². The zero-order valence-electron chi connectivity index (χ0n) is 8.70. The molecular formula is C10H19NO2S. The highest BCUT2D eigenvalue weighted by Gasteiger charge is 2.23. The smallest absolute Gasteiger partial charge is 0.147 e. The number of ether oxygens (including phenoxy) is 2. The molecule has 0 saturated carbocycles. The summed E-state index contributed by atoms with van der Waals surface area (Å²) in [6.45, 7) is 4.61. The lowest BCUT2D eigenvalue weighted by molar-refractivity contribution is -0.137. The fourth-order valence-corrected chi connectivity index (χ4v) is 3.10. The van der Waals surface area contributed by atoms with Crippen molar-refractivity contribution in [3.63, 3.8) is 0 Å². The van der Waals surface area contributed by atoms with Gasteiger partial charge in [0.15, 0.2) is 0 Å². The highest BCUT2D eigenvalue weighted by Crippen LogP contribution is 2.25. The van der Waals surface area contributed by atoms with Crippen LogP contribution in [0, 0.1) is 0 Å². The molecule has 2 fully saturated rings. The molecule has 1 N–H and O–H groups in total. The molecule has 2 aliphatic heterocycles. The number of rotatable bonds is 3. The van der Waals surface area contributed by atoms with E-state index in [2.05, 4.69) is 24.0 Å². The highest BCUT2D eigenvalue weighted by molar-refractivity contribution is 8.00. The lowest BCUT2D eigenvalue weighted by Gasteiger charge is -2.24. The fraction of sp³-hybridized carbons (Fsp3) is 1.00. The third-order valence-corrected chi connectivity index (χ3v) is 4.16. The molecule has 3 atom stereocenters. The first kappa shape index (κ1) is 10.7. The normalized spacial score (nSPS) is 38.8. The van der Waals surface area contributed by atoms with Gasteiger partial charge in [-0.15, -0.1) is 0 Å². The zero-order valence-corrected chi connectivity index (χ0v) is 9.52. The lowest BCUT2D eigenvalue weighted by atomic mass is 10.2. The molecule has 2 heterocycles. The molecule has 82 valence electrons. The van der Waals surface area contributed by atoms with Crippen LogP contribution >= 0.6 is 11.8 Å². The minimum Gasteiger partial charge on any atom is -0.355 e. The monoisotopic (exact) mass is 217 g/mol. The Balaban J connectivity index is 1.61. The summed E-state index contributed by atoms with van der Waals surface area (Å²) in [5.74, 6) is 1.25. The molecule has 0 aromatic carbocycles. The quantitative estimate of drug-likeness (QED) is 0.770. The van der Waals surface area contributed by atoms with Crippen molar-refractivity contribution in [3.8, 4) is 0 Å². The van der Waals surface area contributed by atoms with Gasteiger partial charge in [0.1, 0.15) is 6.79 Å². The van der Waals surface area contributed by atoms with E-state index in [0.29, 0.717) is 18.9 Å². The summed E-state index contributed by atoms with van der Waals surface area (Å²) >= 11 is 2.06. The Hall–Kier alpha value is 0.230. The maximum atomic E-state index is 5.47. The second-order valence-corrected chi connectivity index (χ2v) is 5.56. The molecule has 0 spiro atoms. The minimum absolute atomic E-state index is 0.365. The Morgan fingerprint density at radius 1 is 1.50 bits per heavy atom. The van der Waals surface area contributed by atoms with Crippen molar-refractivity contribution in [2.45, 2.75) is 37.2 Å². The molecule has 2 aliphatic rings. The molecule has 2 saturated heterocycles. The topological polar surface area (TPSA) is 30.5 Å². The number of thioether (sulfide) groups is 1. The van der Waals surface area contributed by atoms with Crippen molar-refractivity contribution in [2.75, 3.05) is 25.7 Å². The third kappa shape index (κ3) is 3.12.